The predicted molar refractivity (Wildman–Crippen MR) is 69.8 cm³/mol. The third-order valence-electron chi connectivity index (χ3n) is 3.25. The van der Waals surface area contributed by atoms with Crippen LogP contribution < -0.4 is 0 Å². The molecule has 1 fully saturated rings. The van der Waals surface area contributed by atoms with Crippen molar-refractivity contribution in [1.29, 1.82) is 0 Å². The molecule has 1 heterocycles. The molecule has 6 nitrogen and oxygen atoms in total. The van der Waals surface area contributed by atoms with Crippen molar-refractivity contribution in [2.45, 2.75) is 30.9 Å². The first-order valence-electron chi connectivity index (χ1n) is 6.41. The molecule has 1 aliphatic heterocycles. The smallest absolute Gasteiger partial charge is 0.185 e. The average molecular weight is 284 g/mol. The highest BCUT2D eigenvalue weighted by atomic mass is 16.7. The fourth-order valence-corrected chi connectivity index (χ4v) is 2.13. The zero-order valence-electron chi connectivity index (χ0n) is 11.5. The first kappa shape index (κ1) is 15.4. The van der Waals surface area contributed by atoms with Crippen molar-refractivity contribution in [2.75, 3.05) is 20.8 Å². The van der Waals surface area contributed by atoms with Crippen LogP contribution in [-0.4, -0.2) is 55.6 Å². The summed E-state index contributed by atoms with van der Waals surface area (Å²) in [6.45, 7) is 0.115. The van der Waals surface area contributed by atoms with Crippen LogP contribution in [0.1, 0.15) is 11.9 Å². The Bertz CT molecular complexity index is 398. The highest BCUT2D eigenvalue weighted by molar-refractivity contribution is 5.16. The lowest BCUT2D eigenvalue weighted by atomic mass is 10.1. The Labute approximate surface area is 117 Å². The Morgan fingerprint density at radius 2 is 1.85 bits per heavy atom. The van der Waals surface area contributed by atoms with Crippen LogP contribution in [0.2, 0.25) is 0 Å². The molecule has 1 aromatic carbocycles. The molecule has 1 unspecified atom stereocenters. The minimum absolute atomic E-state index is 0.115. The van der Waals surface area contributed by atoms with Crippen molar-refractivity contribution >= 4 is 0 Å². The number of methoxy groups -OCH3 is 2. The number of hydrogen-bond acceptors (Lipinski definition) is 6. The van der Waals surface area contributed by atoms with Crippen LogP contribution >= 0.6 is 0 Å². The molecule has 0 aliphatic carbocycles. The van der Waals surface area contributed by atoms with Crippen LogP contribution in [0.25, 0.3) is 0 Å². The van der Waals surface area contributed by atoms with Gasteiger partial charge in [0.05, 0.1) is 6.61 Å². The molecule has 1 aromatic rings. The van der Waals surface area contributed by atoms with E-state index in [1.807, 2.05) is 30.3 Å². The molecule has 0 saturated carbocycles. The molecular formula is C14H20O6. The van der Waals surface area contributed by atoms with Gasteiger partial charge in [0.25, 0.3) is 0 Å². The molecule has 112 valence electrons. The molecule has 0 spiro atoms. The zero-order chi connectivity index (χ0) is 14.5. The van der Waals surface area contributed by atoms with Crippen LogP contribution in [0.5, 0.6) is 0 Å². The summed E-state index contributed by atoms with van der Waals surface area (Å²) in [5.41, 5.74) is 0.825. The van der Waals surface area contributed by atoms with Gasteiger partial charge in [0.2, 0.25) is 0 Å². The van der Waals surface area contributed by atoms with E-state index in [0.29, 0.717) is 0 Å². The maximum absolute atomic E-state index is 10.0. The van der Waals surface area contributed by atoms with E-state index in [1.165, 1.54) is 14.2 Å². The molecule has 2 N–H and O–H groups in total. The molecule has 0 bridgehead atoms. The van der Waals surface area contributed by atoms with Gasteiger partial charge in [-0.05, 0) is 0 Å². The summed E-state index contributed by atoms with van der Waals surface area (Å²) < 4.78 is 21.2. The lowest BCUT2D eigenvalue weighted by molar-refractivity contribution is -0.292. The number of rotatable bonds is 5. The summed E-state index contributed by atoms with van der Waals surface area (Å²) in [7, 11) is 2.92. The zero-order valence-corrected chi connectivity index (χ0v) is 11.5. The molecule has 0 amide bonds. The van der Waals surface area contributed by atoms with Gasteiger partial charge in [0, 0.05) is 19.8 Å². The average Bonchev–Trinajstić information content (AvgIpc) is 2.50. The summed E-state index contributed by atoms with van der Waals surface area (Å²) in [6.07, 6.45) is -4.43. The quantitative estimate of drug-likeness (QED) is 0.764. The third-order valence-corrected chi connectivity index (χ3v) is 3.25. The van der Waals surface area contributed by atoms with E-state index in [4.69, 9.17) is 18.9 Å². The molecule has 6 heteroatoms. The molecule has 2 rings (SSSR count). The van der Waals surface area contributed by atoms with Crippen LogP contribution in [0, 0.1) is 0 Å². The Balaban J connectivity index is 2.01. The summed E-state index contributed by atoms with van der Waals surface area (Å²) in [4.78, 5) is 0. The third kappa shape index (κ3) is 3.35. The number of ether oxygens (including phenoxy) is 4. The molecule has 5 atom stereocenters. The van der Waals surface area contributed by atoms with Gasteiger partial charge in [0.15, 0.2) is 12.6 Å². The predicted octanol–water partition coefficient (Wildman–Crippen LogP) is 0.441. The van der Waals surface area contributed by atoms with E-state index in [9.17, 15) is 10.2 Å². The largest absolute Gasteiger partial charge is 0.387 e. The number of aliphatic hydroxyl groups is 2. The number of benzene rings is 1. The fourth-order valence-electron chi connectivity index (χ4n) is 2.13. The van der Waals surface area contributed by atoms with Crippen LogP contribution in [0.3, 0.4) is 0 Å². The first-order valence-corrected chi connectivity index (χ1v) is 6.41. The second kappa shape index (κ2) is 7.12. The van der Waals surface area contributed by atoms with Gasteiger partial charge in [-0.1, -0.05) is 30.3 Å². The topological polar surface area (TPSA) is 77.4 Å². The summed E-state index contributed by atoms with van der Waals surface area (Å²) >= 11 is 0. The minimum atomic E-state index is -1.16. The van der Waals surface area contributed by atoms with E-state index in [2.05, 4.69) is 0 Å². The highest BCUT2D eigenvalue weighted by Crippen LogP contribution is 2.25. The van der Waals surface area contributed by atoms with E-state index in [1.54, 1.807) is 0 Å². The van der Waals surface area contributed by atoms with E-state index >= 15 is 0 Å². The number of hydrogen-bond donors (Lipinski definition) is 2. The Kier molecular flexibility index (Phi) is 5.47. The summed E-state index contributed by atoms with van der Waals surface area (Å²) in [6, 6.07) is 9.35. The van der Waals surface area contributed by atoms with Crippen LogP contribution in [0.4, 0.5) is 0 Å². The normalized spacial score (nSPS) is 32.0. The SMILES string of the molecule is COC(O[C@@H]1CO[C@H](OC)[C@H](O)[C@H]1O)c1ccccc1. The second-order valence-electron chi connectivity index (χ2n) is 4.57. The van der Waals surface area contributed by atoms with E-state index < -0.39 is 30.9 Å². The van der Waals surface area contributed by atoms with Crippen molar-refractivity contribution in [3.8, 4) is 0 Å². The fraction of sp³-hybridized carbons (Fsp3) is 0.571. The molecular weight excluding hydrogens is 264 g/mol. The monoisotopic (exact) mass is 284 g/mol. The molecule has 0 aromatic heterocycles. The van der Waals surface area contributed by atoms with Gasteiger partial charge in [-0.25, -0.2) is 0 Å². The van der Waals surface area contributed by atoms with Crippen molar-refractivity contribution in [1.82, 2.24) is 0 Å². The Hall–Kier alpha value is -1.02. The Morgan fingerprint density at radius 1 is 1.15 bits per heavy atom. The van der Waals surface area contributed by atoms with Crippen molar-refractivity contribution in [3.05, 3.63) is 35.9 Å². The second-order valence-corrected chi connectivity index (χ2v) is 4.57. The van der Waals surface area contributed by atoms with Crippen molar-refractivity contribution in [3.63, 3.8) is 0 Å². The summed E-state index contributed by atoms with van der Waals surface area (Å²) in [5, 5.41) is 19.9. The van der Waals surface area contributed by atoms with Gasteiger partial charge < -0.3 is 29.2 Å². The molecule has 0 radical (unpaired) electrons. The van der Waals surface area contributed by atoms with Gasteiger partial charge >= 0.3 is 0 Å². The maximum atomic E-state index is 10.0. The van der Waals surface area contributed by atoms with Gasteiger partial charge in [0.1, 0.15) is 18.3 Å². The van der Waals surface area contributed by atoms with Crippen LogP contribution in [0.15, 0.2) is 30.3 Å². The lowest BCUT2D eigenvalue weighted by Crippen LogP contribution is -2.54. The van der Waals surface area contributed by atoms with Crippen molar-refractivity contribution < 1.29 is 29.2 Å². The van der Waals surface area contributed by atoms with E-state index in [0.717, 1.165) is 5.56 Å². The highest BCUT2D eigenvalue weighted by Gasteiger charge is 2.40. The lowest BCUT2D eigenvalue weighted by Gasteiger charge is -2.37. The number of aliphatic hydroxyl groups excluding tert-OH is 2. The van der Waals surface area contributed by atoms with Crippen molar-refractivity contribution in [2.24, 2.45) is 0 Å². The van der Waals surface area contributed by atoms with E-state index in [-0.39, 0.29) is 6.61 Å². The van der Waals surface area contributed by atoms with Gasteiger partial charge in [-0.15, -0.1) is 0 Å². The molecule has 1 saturated heterocycles. The standard InChI is InChI=1S/C14H20O6/c1-17-13(9-6-4-3-5-7-9)20-10-8-19-14(18-2)12(16)11(10)15/h3-7,10-16H,8H2,1-2H3/t10-,11+,12-,13?,14+/m1/s1. The van der Waals surface area contributed by atoms with Gasteiger partial charge in [-0.2, -0.15) is 0 Å². The Morgan fingerprint density at radius 3 is 2.45 bits per heavy atom. The first-order chi connectivity index (χ1) is 9.67. The molecule has 1 aliphatic rings. The maximum Gasteiger partial charge on any atom is 0.185 e. The van der Waals surface area contributed by atoms with Crippen LogP contribution in [-0.2, 0) is 18.9 Å². The van der Waals surface area contributed by atoms with Gasteiger partial charge in [-0.3, -0.25) is 0 Å². The summed E-state index contributed by atoms with van der Waals surface area (Å²) in [5.74, 6) is 0. The molecule has 20 heavy (non-hydrogen) atoms. The minimum Gasteiger partial charge on any atom is -0.387 e.